The first-order chi connectivity index (χ1) is 15.7. The van der Waals surface area contributed by atoms with E-state index in [1.165, 1.54) is 22.3 Å². The maximum absolute atomic E-state index is 13.2. The van der Waals surface area contributed by atoms with Gasteiger partial charge in [-0.05, 0) is 80.6 Å². The quantitative estimate of drug-likeness (QED) is 0.297. The molecular weight excluding hydrogens is 438 g/mol. The summed E-state index contributed by atoms with van der Waals surface area (Å²) in [4.78, 5) is 28.4. The average molecular weight is 464 g/mol. The summed E-state index contributed by atoms with van der Waals surface area (Å²) in [7, 11) is 0. The van der Waals surface area contributed by atoms with Gasteiger partial charge in [0.1, 0.15) is 23.3 Å². The molecule has 1 aliphatic rings. The fraction of sp³-hybridized carbons (Fsp3) is 0.231. The number of phenols is 1. The summed E-state index contributed by atoms with van der Waals surface area (Å²) in [5.74, 6) is -1.30. The molecule has 0 saturated carbocycles. The normalized spacial score (nSPS) is 17.7. The van der Waals surface area contributed by atoms with E-state index in [0.29, 0.717) is 11.3 Å². The largest absolute Gasteiger partial charge is 0.507 e. The molecule has 2 aromatic carbocycles. The number of carbonyl (C=O) groups excluding carboxylic acids is 2. The lowest BCUT2D eigenvalue weighted by Gasteiger charge is -2.25. The highest BCUT2D eigenvalue weighted by Crippen LogP contribution is 2.46. The number of ketones is 1. The number of nitrogens with zero attached hydrogens (tertiary/aromatic N) is 1. The van der Waals surface area contributed by atoms with E-state index in [1.807, 2.05) is 39.1 Å². The van der Waals surface area contributed by atoms with E-state index in [1.54, 1.807) is 36.4 Å². The maximum atomic E-state index is 13.2. The van der Waals surface area contributed by atoms with E-state index < -0.39 is 17.7 Å². The second-order valence-corrected chi connectivity index (χ2v) is 9.22. The highest BCUT2D eigenvalue weighted by Gasteiger charge is 2.48. The third kappa shape index (κ3) is 4.00. The molecule has 1 atom stereocenters. The Labute approximate surface area is 196 Å². The van der Waals surface area contributed by atoms with Gasteiger partial charge in [0, 0.05) is 10.4 Å². The number of aromatic hydroxyl groups is 1. The zero-order chi connectivity index (χ0) is 23.9. The molecule has 0 bridgehead atoms. The van der Waals surface area contributed by atoms with E-state index >= 15 is 0 Å². The van der Waals surface area contributed by atoms with Crippen molar-refractivity contribution in [2.75, 3.05) is 4.90 Å². The fourth-order valence-corrected chi connectivity index (χ4v) is 5.02. The molecule has 1 aromatic heterocycles. The van der Waals surface area contributed by atoms with Crippen LogP contribution < -0.4 is 9.64 Å². The van der Waals surface area contributed by atoms with Crippen molar-refractivity contribution in [2.24, 2.45) is 0 Å². The van der Waals surface area contributed by atoms with Gasteiger partial charge in [-0.1, -0.05) is 12.1 Å². The SMILES string of the molecule is Cc1cc(/C(O)=C2/C(=O)C(=O)N(c3ccccc3O)C2c2sccc2C)ccc1OC(C)C. The number of para-hydroxylation sites is 2. The van der Waals surface area contributed by atoms with Crippen molar-refractivity contribution in [3.05, 3.63) is 81.1 Å². The molecule has 4 rings (SSSR count). The number of hydrogen-bond donors (Lipinski definition) is 2. The molecule has 0 radical (unpaired) electrons. The van der Waals surface area contributed by atoms with Gasteiger partial charge >= 0.3 is 0 Å². The first kappa shape index (κ1) is 22.6. The van der Waals surface area contributed by atoms with Crippen LogP contribution in [-0.2, 0) is 9.59 Å². The van der Waals surface area contributed by atoms with Gasteiger partial charge in [-0.3, -0.25) is 14.5 Å². The summed E-state index contributed by atoms with van der Waals surface area (Å²) >= 11 is 1.39. The van der Waals surface area contributed by atoms with Crippen molar-refractivity contribution in [3.63, 3.8) is 0 Å². The van der Waals surface area contributed by atoms with E-state index in [9.17, 15) is 19.8 Å². The topological polar surface area (TPSA) is 87.1 Å². The van der Waals surface area contributed by atoms with Crippen LogP contribution in [0, 0.1) is 13.8 Å². The highest BCUT2D eigenvalue weighted by atomic mass is 32.1. The minimum atomic E-state index is -0.856. The molecule has 2 N–H and O–H groups in total. The molecule has 170 valence electrons. The number of aliphatic hydroxyl groups excluding tert-OH is 1. The minimum Gasteiger partial charge on any atom is -0.507 e. The number of hydrogen-bond acceptors (Lipinski definition) is 6. The molecule has 2 heterocycles. The minimum absolute atomic E-state index is 0.00572. The summed E-state index contributed by atoms with van der Waals surface area (Å²) in [6.07, 6.45) is -0.00572. The number of aliphatic hydroxyl groups is 1. The molecule has 1 fully saturated rings. The highest BCUT2D eigenvalue weighted by molar-refractivity contribution is 7.10. The maximum Gasteiger partial charge on any atom is 0.300 e. The number of thiophene rings is 1. The Hall–Kier alpha value is -3.58. The lowest BCUT2D eigenvalue weighted by Crippen LogP contribution is -2.29. The van der Waals surface area contributed by atoms with Crippen LogP contribution in [0.4, 0.5) is 5.69 Å². The first-order valence-electron chi connectivity index (χ1n) is 10.6. The van der Waals surface area contributed by atoms with Crippen molar-refractivity contribution < 1.29 is 24.5 Å². The lowest BCUT2D eigenvalue weighted by atomic mass is 9.97. The summed E-state index contributed by atoms with van der Waals surface area (Å²) < 4.78 is 5.77. The third-order valence-electron chi connectivity index (χ3n) is 5.55. The molecule has 0 aliphatic carbocycles. The number of aryl methyl sites for hydroxylation is 2. The van der Waals surface area contributed by atoms with Gasteiger partial charge in [0.25, 0.3) is 11.7 Å². The predicted molar refractivity (Wildman–Crippen MR) is 129 cm³/mol. The summed E-state index contributed by atoms with van der Waals surface area (Å²) in [6.45, 7) is 7.60. The predicted octanol–water partition coefficient (Wildman–Crippen LogP) is 5.48. The number of rotatable bonds is 5. The average Bonchev–Trinajstić information content (AvgIpc) is 3.30. The molecule has 6 nitrogen and oxygen atoms in total. The first-order valence-corrected chi connectivity index (χ1v) is 11.5. The zero-order valence-corrected chi connectivity index (χ0v) is 19.6. The Balaban J connectivity index is 1.91. The molecule has 1 unspecified atom stereocenters. The van der Waals surface area contributed by atoms with E-state index in [2.05, 4.69) is 0 Å². The van der Waals surface area contributed by atoms with Crippen LogP contribution in [0.25, 0.3) is 5.76 Å². The molecule has 1 aliphatic heterocycles. The van der Waals surface area contributed by atoms with Crippen molar-refractivity contribution in [2.45, 2.75) is 39.8 Å². The van der Waals surface area contributed by atoms with Crippen molar-refractivity contribution in [3.8, 4) is 11.5 Å². The number of carbonyl (C=O) groups is 2. The van der Waals surface area contributed by atoms with Crippen LogP contribution in [0.2, 0.25) is 0 Å². The number of phenolic OH excluding ortho intramolecular Hbond substituents is 1. The smallest absolute Gasteiger partial charge is 0.300 e. The number of Topliss-reactive ketones (excluding diaryl/α,β-unsaturated/α-hetero) is 1. The lowest BCUT2D eigenvalue weighted by molar-refractivity contribution is -0.132. The second kappa shape index (κ2) is 8.75. The Morgan fingerprint density at radius 1 is 1.06 bits per heavy atom. The Kier molecular flexibility index (Phi) is 5.99. The van der Waals surface area contributed by atoms with Crippen LogP contribution >= 0.6 is 11.3 Å². The van der Waals surface area contributed by atoms with E-state index in [0.717, 1.165) is 16.0 Å². The molecule has 1 amide bonds. The Bertz CT molecular complexity index is 1270. The van der Waals surface area contributed by atoms with Crippen molar-refractivity contribution in [1.82, 2.24) is 0 Å². The summed E-state index contributed by atoms with van der Waals surface area (Å²) in [5, 5.41) is 23.6. The van der Waals surface area contributed by atoms with Crippen LogP contribution in [-0.4, -0.2) is 28.0 Å². The molecule has 3 aromatic rings. The van der Waals surface area contributed by atoms with Gasteiger partial charge in [-0.2, -0.15) is 0 Å². The van der Waals surface area contributed by atoms with E-state index in [4.69, 9.17) is 4.74 Å². The van der Waals surface area contributed by atoms with Crippen LogP contribution in [0.15, 0.2) is 59.5 Å². The molecule has 1 saturated heterocycles. The number of ether oxygens (including phenoxy) is 1. The monoisotopic (exact) mass is 463 g/mol. The van der Waals surface area contributed by atoms with Crippen molar-refractivity contribution >= 4 is 34.5 Å². The summed E-state index contributed by atoms with van der Waals surface area (Å²) in [5.41, 5.74) is 2.30. The molecule has 0 spiro atoms. The van der Waals surface area contributed by atoms with Crippen LogP contribution in [0.5, 0.6) is 11.5 Å². The van der Waals surface area contributed by atoms with Crippen LogP contribution in [0.1, 0.15) is 41.5 Å². The standard InChI is InChI=1S/C26H25NO5S/c1-14(2)32-20-10-9-17(13-16(20)4)23(29)21-22(25-15(3)11-12-33-25)27(26(31)24(21)30)18-7-5-6-8-19(18)28/h5-14,22,28-29H,1-4H3/b23-21-. The number of anilines is 1. The zero-order valence-electron chi connectivity index (χ0n) is 18.8. The van der Waals surface area contributed by atoms with Crippen molar-refractivity contribution in [1.29, 1.82) is 0 Å². The molecule has 33 heavy (non-hydrogen) atoms. The van der Waals surface area contributed by atoms with Gasteiger partial charge in [0.15, 0.2) is 0 Å². The van der Waals surface area contributed by atoms with Gasteiger partial charge in [-0.15, -0.1) is 11.3 Å². The fourth-order valence-electron chi connectivity index (χ4n) is 4.00. The van der Waals surface area contributed by atoms with Gasteiger partial charge in [0.05, 0.1) is 17.4 Å². The third-order valence-corrected chi connectivity index (χ3v) is 6.62. The van der Waals surface area contributed by atoms with Gasteiger partial charge in [0.2, 0.25) is 0 Å². The summed E-state index contributed by atoms with van der Waals surface area (Å²) in [6, 6.07) is 12.6. The van der Waals surface area contributed by atoms with Gasteiger partial charge < -0.3 is 14.9 Å². The molecule has 7 heteroatoms. The molecular formula is C26H25NO5S. The second-order valence-electron chi connectivity index (χ2n) is 8.27. The van der Waals surface area contributed by atoms with Crippen LogP contribution in [0.3, 0.4) is 0 Å². The number of amides is 1. The number of benzene rings is 2. The Morgan fingerprint density at radius 2 is 1.79 bits per heavy atom. The Morgan fingerprint density at radius 3 is 2.39 bits per heavy atom. The van der Waals surface area contributed by atoms with E-state index in [-0.39, 0.29) is 28.9 Å². The van der Waals surface area contributed by atoms with Gasteiger partial charge in [-0.25, -0.2) is 0 Å².